The molecule has 2 aromatic heterocycles. The molecule has 5 heteroatoms. The van der Waals surface area contributed by atoms with Crippen molar-refractivity contribution in [2.24, 2.45) is 0 Å². The number of benzene rings is 1. The summed E-state index contributed by atoms with van der Waals surface area (Å²) in [6.45, 7) is 4.43. The molecule has 0 spiro atoms. The highest BCUT2D eigenvalue weighted by Gasteiger charge is 2.14. The van der Waals surface area contributed by atoms with Crippen molar-refractivity contribution in [1.82, 2.24) is 20.1 Å². The van der Waals surface area contributed by atoms with Crippen LogP contribution in [0.15, 0.2) is 42.7 Å². The number of hydrogen-bond donors (Lipinski definition) is 1. The lowest BCUT2D eigenvalue weighted by Gasteiger charge is -2.34. The number of rotatable bonds is 2. The van der Waals surface area contributed by atoms with Gasteiger partial charge in [-0.1, -0.05) is 12.1 Å². The molecule has 1 aromatic carbocycles. The van der Waals surface area contributed by atoms with Gasteiger partial charge in [-0.15, -0.1) is 0 Å². The fourth-order valence-corrected chi connectivity index (χ4v) is 2.98. The third-order valence-electron chi connectivity index (χ3n) is 4.37. The highest BCUT2D eigenvalue weighted by atomic mass is 15.2. The highest BCUT2D eigenvalue weighted by Crippen LogP contribution is 2.27. The van der Waals surface area contributed by atoms with Crippen LogP contribution >= 0.6 is 0 Å². The van der Waals surface area contributed by atoms with E-state index in [2.05, 4.69) is 56.3 Å². The predicted octanol–water partition coefficient (Wildman–Crippen LogP) is 2.38. The zero-order chi connectivity index (χ0) is 14.9. The average Bonchev–Trinajstić information content (AvgIpc) is 3.00. The second kappa shape index (κ2) is 5.42. The minimum atomic E-state index is 0.973. The summed E-state index contributed by atoms with van der Waals surface area (Å²) in [7, 11) is 2.18. The summed E-state index contributed by atoms with van der Waals surface area (Å²) in [5.41, 5.74) is 4.39. The van der Waals surface area contributed by atoms with Gasteiger partial charge in [-0.05, 0) is 25.2 Å². The van der Waals surface area contributed by atoms with Crippen LogP contribution < -0.4 is 4.90 Å². The second-order valence-electron chi connectivity index (χ2n) is 5.83. The van der Waals surface area contributed by atoms with Gasteiger partial charge in [0.05, 0.1) is 11.7 Å². The van der Waals surface area contributed by atoms with Crippen LogP contribution in [0.4, 0.5) is 5.69 Å². The Kier molecular flexibility index (Phi) is 3.27. The van der Waals surface area contributed by atoms with E-state index >= 15 is 0 Å². The van der Waals surface area contributed by atoms with Crippen molar-refractivity contribution in [2.45, 2.75) is 0 Å². The van der Waals surface area contributed by atoms with Crippen molar-refractivity contribution >= 4 is 16.6 Å². The van der Waals surface area contributed by atoms with Crippen LogP contribution in [-0.2, 0) is 0 Å². The fourth-order valence-electron chi connectivity index (χ4n) is 2.98. The molecule has 0 aliphatic carbocycles. The number of aromatic amines is 1. The minimum absolute atomic E-state index is 0.973. The molecule has 1 aliphatic heterocycles. The van der Waals surface area contributed by atoms with Crippen molar-refractivity contribution in [1.29, 1.82) is 0 Å². The smallest absolute Gasteiger partial charge is 0.100 e. The van der Waals surface area contributed by atoms with E-state index in [4.69, 9.17) is 0 Å². The Bertz CT molecular complexity index is 769. The first kappa shape index (κ1) is 13.3. The minimum Gasteiger partial charge on any atom is -0.369 e. The Morgan fingerprint density at radius 2 is 1.77 bits per heavy atom. The Morgan fingerprint density at radius 1 is 1.00 bits per heavy atom. The van der Waals surface area contributed by atoms with Crippen molar-refractivity contribution in [2.75, 3.05) is 38.1 Å². The zero-order valence-electron chi connectivity index (χ0n) is 12.7. The van der Waals surface area contributed by atoms with Crippen LogP contribution in [0.2, 0.25) is 0 Å². The molecule has 0 atom stereocenters. The summed E-state index contributed by atoms with van der Waals surface area (Å²) in [4.78, 5) is 8.93. The van der Waals surface area contributed by atoms with Crippen LogP contribution in [0.5, 0.6) is 0 Å². The summed E-state index contributed by atoms with van der Waals surface area (Å²) in [6.07, 6.45) is 3.62. The molecule has 112 valence electrons. The number of pyridine rings is 1. The number of H-pyrrole nitrogens is 1. The maximum atomic E-state index is 4.43. The standard InChI is InChI=1S/C17H19N5/c1-21-8-10-22(11-9-21)14-4-2-13(3-5-14)17-15-6-7-18-12-16(15)19-20-17/h2-7,12H,8-11H2,1H3,(H,19,20). The summed E-state index contributed by atoms with van der Waals surface area (Å²) < 4.78 is 0. The molecule has 1 aliphatic rings. The highest BCUT2D eigenvalue weighted by molar-refractivity contribution is 5.92. The van der Waals surface area contributed by atoms with E-state index in [1.165, 1.54) is 5.69 Å². The molecule has 0 radical (unpaired) electrons. The number of likely N-dealkylation sites (N-methyl/N-ethyl adjacent to an activating group) is 1. The molecule has 3 aromatic rings. The summed E-state index contributed by atoms with van der Waals surface area (Å²) in [5, 5.41) is 8.59. The molecule has 0 saturated carbocycles. The normalized spacial score (nSPS) is 16.3. The molecule has 0 amide bonds. The molecule has 4 rings (SSSR count). The first-order valence-electron chi connectivity index (χ1n) is 7.63. The Labute approximate surface area is 129 Å². The lowest BCUT2D eigenvalue weighted by Crippen LogP contribution is -2.44. The van der Waals surface area contributed by atoms with Crippen molar-refractivity contribution < 1.29 is 0 Å². The van der Waals surface area contributed by atoms with Gasteiger partial charge in [0.25, 0.3) is 0 Å². The maximum absolute atomic E-state index is 4.43. The number of nitrogens with zero attached hydrogens (tertiary/aromatic N) is 4. The number of nitrogens with one attached hydrogen (secondary N) is 1. The van der Waals surface area contributed by atoms with E-state index < -0.39 is 0 Å². The van der Waals surface area contributed by atoms with Gasteiger partial charge >= 0.3 is 0 Å². The van der Waals surface area contributed by atoms with Crippen molar-refractivity contribution in [3.05, 3.63) is 42.7 Å². The number of piperazine rings is 1. The van der Waals surface area contributed by atoms with Crippen molar-refractivity contribution in [3.63, 3.8) is 0 Å². The molecule has 1 N–H and O–H groups in total. The van der Waals surface area contributed by atoms with Gasteiger partial charge in [0.1, 0.15) is 5.69 Å². The topological polar surface area (TPSA) is 48.0 Å². The molecule has 0 bridgehead atoms. The lowest BCUT2D eigenvalue weighted by molar-refractivity contribution is 0.313. The first-order valence-corrected chi connectivity index (χ1v) is 7.63. The lowest BCUT2D eigenvalue weighted by atomic mass is 10.1. The first-order chi connectivity index (χ1) is 10.8. The van der Waals surface area contributed by atoms with Crippen molar-refractivity contribution in [3.8, 4) is 11.3 Å². The fraction of sp³-hybridized carbons (Fsp3) is 0.294. The Morgan fingerprint density at radius 3 is 2.55 bits per heavy atom. The number of hydrogen-bond acceptors (Lipinski definition) is 4. The van der Waals surface area contributed by atoms with Gasteiger partial charge in [-0.25, -0.2) is 0 Å². The van der Waals surface area contributed by atoms with Crippen LogP contribution in [0.1, 0.15) is 0 Å². The summed E-state index contributed by atoms with van der Waals surface area (Å²) in [6, 6.07) is 10.7. The molecule has 0 unspecified atom stereocenters. The monoisotopic (exact) mass is 293 g/mol. The van der Waals surface area contributed by atoms with Gasteiger partial charge in [0.15, 0.2) is 0 Å². The van der Waals surface area contributed by atoms with E-state index in [1.54, 1.807) is 6.20 Å². The van der Waals surface area contributed by atoms with Crippen LogP contribution in [0.25, 0.3) is 22.2 Å². The van der Waals surface area contributed by atoms with Gasteiger partial charge < -0.3 is 9.80 Å². The van der Waals surface area contributed by atoms with E-state index in [0.717, 1.165) is 48.3 Å². The van der Waals surface area contributed by atoms with Gasteiger partial charge in [0, 0.05) is 49.0 Å². The number of aromatic nitrogens is 3. The maximum Gasteiger partial charge on any atom is 0.100 e. The Balaban J connectivity index is 1.62. The zero-order valence-corrected chi connectivity index (χ0v) is 12.7. The molecule has 3 heterocycles. The molecule has 1 fully saturated rings. The number of fused-ring (bicyclic) bond motifs is 1. The van der Waals surface area contributed by atoms with E-state index in [9.17, 15) is 0 Å². The third-order valence-corrected chi connectivity index (χ3v) is 4.37. The molecular weight excluding hydrogens is 274 g/mol. The molecule has 5 nitrogen and oxygen atoms in total. The third kappa shape index (κ3) is 2.33. The van der Waals surface area contributed by atoms with Crippen LogP contribution in [0.3, 0.4) is 0 Å². The van der Waals surface area contributed by atoms with Crippen LogP contribution in [-0.4, -0.2) is 53.3 Å². The average molecular weight is 293 g/mol. The van der Waals surface area contributed by atoms with Crippen LogP contribution in [0, 0.1) is 0 Å². The van der Waals surface area contributed by atoms with E-state index in [0.29, 0.717) is 0 Å². The molecule has 1 saturated heterocycles. The largest absolute Gasteiger partial charge is 0.369 e. The van der Waals surface area contributed by atoms with E-state index in [1.807, 2.05) is 12.3 Å². The van der Waals surface area contributed by atoms with Gasteiger partial charge in [-0.3, -0.25) is 10.1 Å². The van der Waals surface area contributed by atoms with Gasteiger partial charge in [0.2, 0.25) is 0 Å². The predicted molar refractivity (Wildman–Crippen MR) is 89.0 cm³/mol. The SMILES string of the molecule is CN1CCN(c2ccc(-c3n[nH]c4cnccc34)cc2)CC1. The quantitative estimate of drug-likeness (QED) is 0.788. The molecular formula is C17H19N5. The van der Waals surface area contributed by atoms with Gasteiger partial charge in [-0.2, -0.15) is 5.10 Å². The number of anilines is 1. The Hall–Kier alpha value is -2.40. The molecule has 22 heavy (non-hydrogen) atoms. The summed E-state index contributed by atoms with van der Waals surface area (Å²) in [5.74, 6) is 0. The second-order valence-corrected chi connectivity index (χ2v) is 5.83. The van der Waals surface area contributed by atoms with E-state index in [-0.39, 0.29) is 0 Å². The summed E-state index contributed by atoms with van der Waals surface area (Å²) >= 11 is 0.